The summed E-state index contributed by atoms with van der Waals surface area (Å²) >= 11 is 6.15. The molecule has 0 saturated carbocycles. The zero-order chi connectivity index (χ0) is 12.7. The number of aromatic nitrogens is 1. The number of nitrogens with one attached hydrogen (secondary N) is 1. The van der Waals surface area contributed by atoms with Crippen LogP contribution in [0.1, 0.15) is 28.9 Å². The molecule has 0 spiro atoms. The number of H-pyrrole nitrogens is 1. The van der Waals surface area contributed by atoms with Crippen molar-refractivity contribution in [2.75, 3.05) is 13.1 Å². The zero-order valence-corrected chi connectivity index (χ0v) is 11.0. The summed E-state index contributed by atoms with van der Waals surface area (Å²) in [4.78, 5) is 17.7. The van der Waals surface area contributed by atoms with Gasteiger partial charge in [0.15, 0.2) is 0 Å². The first-order valence-corrected chi connectivity index (χ1v) is 6.62. The van der Waals surface area contributed by atoms with Crippen LogP contribution in [0.4, 0.5) is 0 Å². The van der Waals surface area contributed by atoms with Crippen molar-refractivity contribution in [3.05, 3.63) is 34.5 Å². The van der Waals surface area contributed by atoms with Crippen molar-refractivity contribution in [3.8, 4) is 0 Å². The summed E-state index contributed by atoms with van der Waals surface area (Å²) in [6.45, 7) is 3.66. The van der Waals surface area contributed by atoms with Crippen molar-refractivity contribution >= 4 is 28.4 Å². The fourth-order valence-corrected chi connectivity index (χ4v) is 2.89. The lowest BCUT2D eigenvalue weighted by atomic mass is 10.1. The Labute approximate surface area is 111 Å². The minimum absolute atomic E-state index is 0.124. The number of likely N-dealkylation sites (tertiary alicyclic amines) is 1. The van der Waals surface area contributed by atoms with E-state index >= 15 is 0 Å². The van der Waals surface area contributed by atoms with Gasteiger partial charge in [0.25, 0.3) is 5.91 Å². The first kappa shape index (κ1) is 11.6. The van der Waals surface area contributed by atoms with E-state index in [0.717, 1.165) is 48.1 Å². The summed E-state index contributed by atoms with van der Waals surface area (Å²) in [5, 5.41) is 1.59. The number of carbonyl (C=O) groups excluding carboxylic acids is 1. The molecule has 0 unspecified atom stereocenters. The van der Waals surface area contributed by atoms with Gasteiger partial charge in [0.05, 0.1) is 16.1 Å². The van der Waals surface area contributed by atoms with Crippen LogP contribution in [-0.4, -0.2) is 28.9 Å². The van der Waals surface area contributed by atoms with Crippen molar-refractivity contribution in [1.29, 1.82) is 0 Å². The molecule has 1 saturated heterocycles. The smallest absolute Gasteiger partial charge is 0.256 e. The lowest BCUT2D eigenvalue weighted by molar-refractivity contribution is 0.0794. The molecule has 1 fully saturated rings. The molecule has 1 aliphatic heterocycles. The standard InChI is InChI=1S/C14H15ClN2O/c1-9-12(14(18)17-7-2-3-8-17)10-5-4-6-11(15)13(10)16-9/h4-6,16H,2-3,7-8H2,1H3. The van der Waals surface area contributed by atoms with Crippen LogP contribution in [-0.2, 0) is 0 Å². The zero-order valence-electron chi connectivity index (χ0n) is 10.3. The number of fused-ring (bicyclic) bond motifs is 1. The molecule has 1 aromatic heterocycles. The molecular weight excluding hydrogens is 248 g/mol. The molecule has 0 aliphatic carbocycles. The maximum absolute atomic E-state index is 12.5. The molecule has 0 bridgehead atoms. The average molecular weight is 263 g/mol. The van der Waals surface area contributed by atoms with Crippen LogP contribution in [0.2, 0.25) is 5.02 Å². The second-order valence-electron chi connectivity index (χ2n) is 4.79. The van der Waals surface area contributed by atoms with E-state index in [0.29, 0.717) is 5.02 Å². The quantitative estimate of drug-likeness (QED) is 0.840. The fourth-order valence-electron chi connectivity index (χ4n) is 2.67. The summed E-state index contributed by atoms with van der Waals surface area (Å²) in [6, 6.07) is 5.68. The summed E-state index contributed by atoms with van der Waals surface area (Å²) in [7, 11) is 0. The SMILES string of the molecule is Cc1[nH]c2c(Cl)cccc2c1C(=O)N1CCCC1. The Morgan fingerprint density at radius 2 is 2.06 bits per heavy atom. The summed E-state index contributed by atoms with van der Waals surface area (Å²) in [5.41, 5.74) is 2.53. The molecule has 18 heavy (non-hydrogen) atoms. The van der Waals surface area contributed by atoms with Gasteiger partial charge in [-0.3, -0.25) is 4.79 Å². The van der Waals surface area contributed by atoms with E-state index in [1.165, 1.54) is 0 Å². The minimum Gasteiger partial charge on any atom is -0.357 e. The molecular formula is C14H15ClN2O. The molecule has 94 valence electrons. The maximum atomic E-state index is 12.5. The number of para-hydroxylation sites is 1. The number of amides is 1. The van der Waals surface area contributed by atoms with E-state index in [-0.39, 0.29) is 5.91 Å². The molecule has 3 rings (SSSR count). The fraction of sp³-hybridized carbons (Fsp3) is 0.357. The molecule has 1 amide bonds. The van der Waals surface area contributed by atoms with Crippen molar-refractivity contribution in [2.45, 2.75) is 19.8 Å². The highest BCUT2D eigenvalue weighted by Crippen LogP contribution is 2.29. The van der Waals surface area contributed by atoms with E-state index in [1.807, 2.05) is 30.0 Å². The number of hydrogen-bond donors (Lipinski definition) is 1. The third-order valence-electron chi connectivity index (χ3n) is 3.58. The Kier molecular flexibility index (Phi) is 2.78. The summed E-state index contributed by atoms with van der Waals surface area (Å²) < 4.78 is 0. The average Bonchev–Trinajstić information content (AvgIpc) is 2.96. The largest absolute Gasteiger partial charge is 0.357 e. The number of benzene rings is 1. The van der Waals surface area contributed by atoms with E-state index < -0.39 is 0 Å². The van der Waals surface area contributed by atoms with Crippen molar-refractivity contribution in [1.82, 2.24) is 9.88 Å². The van der Waals surface area contributed by atoms with E-state index in [4.69, 9.17) is 11.6 Å². The molecule has 1 aromatic carbocycles. The second kappa shape index (κ2) is 4.32. The van der Waals surface area contributed by atoms with Gasteiger partial charge in [-0.2, -0.15) is 0 Å². The monoisotopic (exact) mass is 262 g/mol. The Bertz CT molecular complexity index is 612. The van der Waals surface area contributed by atoms with Gasteiger partial charge >= 0.3 is 0 Å². The number of rotatable bonds is 1. The van der Waals surface area contributed by atoms with E-state index in [1.54, 1.807) is 0 Å². The molecule has 1 aliphatic rings. The third-order valence-corrected chi connectivity index (χ3v) is 3.89. The number of aryl methyl sites for hydroxylation is 1. The van der Waals surface area contributed by atoms with Crippen LogP contribution in [0.5, 0.6) is 0 Å². The van der Waals surface area contributed by atoms with Gasteiger partial charge in [-0.1, -0.05) is 23.7 Å². The summed E-state index contributed by atoms with van der Waals surface area (Å²) in [6.07, 6.45) is 2.21. The van der Waals surface area contributed by atoms with Crippen LogP contribution < -0.4 is 0 Å². The number of nitrogens with zero attached hydrogens (tertiary/aromatic N) is 1. The Hall–Kier alpha value is -1.48. The third kappa shape index (κ3) is 1.70. The molecule has 2 aromatic rings. The van der Waals surface area contributed by atoms with Gasteiger partial charge < -0.3 is 9.88 Å². The first-order valence-electron chi connectivity index (χ1n) is 6.24. The number of halogens is 1. The summed E-state index contributed by atoms with van der Waals surface area (Å²) in [5.74, 6) is 0.124. The number of aromatic amines is 1. The van der Waals surface area contributed by atoms with Gasteiger partial charge in [-0.05, 0) is 25.8 Å². The van der Waals surface area contributed by atoms with Gasteiger partial charge in [0, 0.05) is 24.2 Å². The van der Waals surface area contributed by atoms with Crippen molar-refractivity contribution in [3.63, 3.8) is 0 Å². The normalized spacial score (nSPS) is 15.6. The van der Waals surface area contributed by atoms with Crippen molar-refractivity contribution in [2.24, 2.45) is 0 Å². The van der Waals surface area contributed by atoms with Crippen molar-refractivity contribution < 1.29 is 4.79 Å². The topological polar surface area (TPSA) is 36.1 Å². The predicted octanol–water partition coefficient (Wildman–Crippen LogP) is 3.37. The highest BCUT2D eigenvalue weighted by molar-refractivity contribution is 6.35. The molecule has 1 N–H and O–H groups in total. The Balaban J connectivity index is 2.13. The number of hydrogen-bond acceptors (Lipinski definition) is 1. The van der Waals surface area contributed by atoms with Gasteiger partial charge in [-0.25, -0.2) is 0 Å². The minimum atomic E-state index is 0.124. The maximum Gasteiger partial charge on any atom is 0.256 e. The van der Waals surface area contributed by atoms with Crippen LogP contribution in [0, 0.1) is 6.92 Å². The molecule has 3 nitrogen and oxygen atoms in total. The molecule has 4 heteroatoms. The van der Waals surface area contributed by atoms with Crippen LogP contribution in [0.25, 0.3) is 10.9 Å². The second-order valence-corrected chi connectivity index (χ2v) is 5.19. The number of carbonyl (C=O) groups is 1. The van der Waals surface area contributed by atoms with E-state index in [9.17, 15) is 4.79 Å². The van der Waals surface area contributed by atoms with E-state index in [2.05, 4.69) is 4.98 Å². The van der Waals surface area contributed by atoms with Gasteiger partial charge in [0.2, 0.25) is 0 Å². The highest BCUT2D eigenvalue weighted by Gasteiger charge is 2.24. The van der Waals surface area contributed by atoms with Crippen LogP contribution in [0.15, 0.2) is 18.2 Å². The Morgan fingerprint density at radius 1 is 1.33 bits per heavy atom. The lowest BCUT2D eigenvalue weighted by Gasteiger charge is -2.15. The predicted molar refractivity (Wildman–Crippen MR) is 73.2 cm³/mol. The van der Waals surface area contributed by atoms with Gasteiger partial charge in [-0.15, -0.1) is 0 Å². The molecule has 0 radical (unpaired) electrons. The van der Waals surface area contributed by atoms with Gasteiger partial charge in [0.1, 0.15) is 0 Å². The first-order chi connectivity index (χ1) is 8.68. The molecule has 2 heterocycles. The Morgan fingerprint density at radius 3 is 2.78 bits per heavy atom. The highest BCUT2D eigenvalue weighted by atomic mass is 35.5. The lowest BCUT2D eigenvalue weighted by Crippen LogP contribution is -2.27. The molecule has 0 atom stereocenters. The van der Waals surface area contributed by atoms with Crippen LogP contribution >= 0.6 is 11.6 Å². The van der Waals surface area contributed by atoms with Crippen LogP contribution in [0.3, 0.4) is 0 Å².